The van der Waals surface area contributed by atoms with Crippen LogP contribution in [0.5, 0.6) is 0 Å². The van der Waals surface area contributed by atoms with Gasteiger partial charge in [0.05, 0.1) is 17.0 Å². The molecule has 1 amide bonds. The molecule has 3 aromatic carbocycles. The average molecular weight is 616 g/mol. The quantitative estimate of drug-likeness (QED) is 0.260. The highest BCUT2D eigenvalue weighted by Crippen LogP contribution is 2.54. The molecule has 0 radical (unpaired) electrons. The van der Waals surface area contributed by atoms with E-state index in [9.17, 15) is 22.9 Å². The largest absolute Gasteiger partial charge is 0.338 e. The van der Waals surface area contributed by atoms with Crippen LogP contribution in [0.2, 0.25) is 0 Å². The van der Waals surface area contributed by atoms with E-state index in [0.717, 1.165) is 6.26 Å². The molecule has 11 heteroatoms. The first-order valence-corrected chi connectivity index (χ1v) is 15.5. The fourth-order valence-electron chi connectivity index (χ4n) is 5.36. The third kappa shape index (κ3) is 7.43. The van der Waals surface area contributed by atoms with Crippen LogP contribution in [-0.2, 0) is 21.1 Å². The molecule has 6 nitrogen and oxygen atoms in total. The summed E-state index contributed by atoms with van der Waals surface area (Å²) < 4.78 is 82.2. The van der Waals surface area contributed by atoms with Crippen LogP contribution >= 0.6 is 0 Å². The highest BCUT2D eigenvalue weighted by molar-refractivity contribution is 7.90. The minimum Gasteiger partial charge on any atom is -0.338 e. The number of amides is 1. The molecule has 4 atom stereocenters. The molecule has 0 aromatic heterocycles. The number of hydrogen-bond acceptors (Lipinski definition) is 5. The molecule has 4 rings (SSSR count). The summed E-state index contributed by atoms with van der Waals surface area (Å²) in [5.41, 5.74) is -1.53. The maximum atomic E-state index is 15.2. The van der Waals surface area contributed by atoms with E-state index in [2.05, 4.69) is 10.6 Å². The Labute approximate surface area is 249 Å². The Kier molecular flexibility index (Phi) is 8.78. The van der Waals surface area contributed by atoms with Gasteiger partial charge in [0, 0.05) is 25.5 Å². The predicted molar refractivity (Wildman–Crippen MR) is 155 cm³/mol. The molecule has 1 aliphatic carbocycles. The Morgan fingerprint density at radius 3 is 1.95 bits per heavy atom. The minimum atomic E-state index is -3.38. The normalized spacial score (nSPS) is 20.1. The second-order valence-corrected chi connectivity index (χ2v) is 13.7. The topological polar surface area (TPSA) is 99.1 Å². The summed E-state index contributed by atoms with van der Waals surface area (Å²) in [6.45, 7) is 3.26. The lowest BCUT2D eigenvalue weighted by molar-refractivity contribution is -0.127. The van der Waals surface area contributed by atoms with Gasteiger partial charge in [0.1, 0.15) is 23.1 Å². The molecule has 0 heterocycles. The van der Waals surface area contributed by atoms with Crippen molar-refractivity contribution in [3.63, 3.8) is 0 Å². The third-order valence-corrected chi connectivity index (χ3v) is 8.91. The van der Waals surface area contributed by atoms with Gasteiger partial charge < -0.3 is 5.32 Å². The molecule has 0 aliphatic heterocycles. The fourth-order valence-corrected chi connectivity index (χ4v) is 5.99. The van der Waals surface area contributed by atoms with Crippen LogP contribution < -0.4 is 10.6 Å². The molecule has 1 fully saturated rings. The molecule has 3 aromatic rings. The van der Waals surface area contributed by atoms with Crippen LogP contribution in [0.3, 0.4) is 0 Å². The van der Waals surface area contributed by atoms with E-state index in [1.165, 1.54) is 62.4 Å². The molecule has 0 spiro atoms. The summed E-state index contributed by atoms with van der Waals surface area (Å²) in [5.74, 6) is -5.54. The van der Waals surface area contributed by atoms with E-state index in [1.807, 2.05) is 6.07 Å². The molecular formula is C32H33F4N3O3S. The average Bonchev–Trinajstić information content (AvgIpc) is 3.68. The fraction of sp³-hybridized carbons (Fsp3) is 0.375. The van der Waals surface area contributed by atoms with Crippen LogP contribution in [0.25, 0.3) is 11.1 Å². The van der Waals surface area contributed by atoms with Crippen molar-refractivity contribution in [3.05, 3.63) is 89.7 Å². The van der Waals surface area contributed by atoms with Gasteiger partial charge in [-0.15, -0.1) is 0 Å². The number of alkyl halides is 3. The summed E-state index contributed by atoms with van der Waals surface area (Å²) >= 11 is 0. The molecule has 2 N–H and O–H groups in total. The van der Waals surface area contributed by atoms with E-state index < -0.39 is 56.7 Å². The molecule has 228 valence electrons. The number of hydrogen-bond donors (Lipinski definition) is 2. The number of halogens is 4. The molecule has 1 aliphatic rings. The number of benzene rings is 3. The molecular weight excluding hydrogens is 582 g/mol. The Bertz CT molecular complexity index is 1610. The smallest absolute Gasteiger partial charge is 0.264 e. The SMILES string of the molecule is CC(C)(F)C1CC1(N[C@@H](c1ccc(-c2ccc(S(C)(=O)=O)cc2)cc1)C(C)(F)F)C(=O)N[C@H](C#N)Cc1ccc(F)cc1. The summed E-state index contributed by atoms with van der Waals surface area (Å²) in [7, 11) is -3.38. The van der Waals surface area contributed by atoms with Crippen LogP contribution in [0, 0.1) is 23.1 Å². The van der Waals surface area contributed by atoms with Crippen molar-refractivity contribution in [2.24, 2.45) is 5.92 Å². The Hall–Kier alpha value is -3.75. The van der Waals surface area contributed by atoms with Gasteiger partial charge in [-0.1, -0.05) is 48.5 Å². The number of carbonyl (C=O) groups is 1. The molecule has 0 saturated heterocycles. The molecule has 2 unspecified atom stereocenters. The van der Waals surface area contributed by atoms with E-state index in [-0.39, 0.29) is 23.3 Å². The summed E-state index contributed by atoms with van der Waals surface area (Å²) in [6.07, 6.45) is 1.08. The van der Waals surface area contributed by atoms with Gasteiger partial charge in [-0.3, -0.25) is 10.1 Å². The highest BCUT2D eigenvalue weighted by atomic mass is 32.2. The van der Waals surface area contributed by atoms with E-state index in [4.69, 9.17) is 0 Å². The molecule has 43 heavy (non-hydrogen) atoms. The zero-order chi connectivity index (χ0) is 31.8. The van der Waals surface area contributed by atoms with Crippen molar-refractivity contribution in [2.75, 3.05) is 6.26 Å². The number of sulfone groups is 1. The Balaban J connectivity index is 1.59. The van der Waals surface area contributed by atoms with Gasteiger partial charge in [-0.05, 0) is 66.8 Å². The van der Waals surface area contributed by atoms with Gasteiger partial charge in [0.15, 0.2) is 9.84 Å². The lowest BCUT2D eigenvalue weighted by Crippen LogP contribution is -2.55. The minimum absolute atomic E-state index is 0.0439. The van der Waals surface area contributed by atoms with Gasteiger partial charge in [-0.2, -0.15) is 5.26 Å². The summed E-state index contributed by atoms with van der Waals surface area (Å²) in [4.78, 5) is 13.7. The second kappa shape index (κ2) is 11.7. The van der Waals surface area contributed by atoms with Crippen LogP contribution in [0.1, 0.15) is 44.4 Å². The maximum absolute atomic E-state index is 15.2. The van der Waals surface area contributed by atoms with Crippen molar-refractivity contribution in [2.45, 2.75) is 67.7 Å². The summed E-state index contributed by atoms with van der Waals surface area (Å²) in [6, 6.07) is 16.9. The number of rotatable bonds is 11. The zero-order valence-electron chi connectivity index (χ0n) is 24.2. The van der Waals surface area contributed by atoms with Crippen molar-refractivity contribution in [3.8, 4) is 17.2 Å². The van der Waals surface area contributed by atoms with E-state index >= 15 is 13.2 Å². The first-order chi connectivity index (χ1) is 19.9. The van der Waals surface area contributed by atoms with Gasteiger partial charge >= 0.3 is 0 Å². The van der Waals surface area contributed by atoms with E-state index in [0.29, 0.717) is 23.6 Å². The third-order valence-electron chi connectivity index (χ3n) is 7.78. The first-order valence-electron chi connectivity index (χ1n) is 13.6. The second-order valence-electron chi connectivity index (χ2n) is 11.7. The van der Waals surface area contributed by atoms with Crippen LogP contribution in [0.4, 0.5) is 17.6 Å². The van der Waals surface area contributed by atoms with Gasteiger partial charge in [0.25, 0.3) is 5.92 Å². The standard InChI is InChI=1S/C32H33F4N3O3S/c1-30(2,34)27-18-32(27,29(40)38-25(19-37)17-20-5-13-24(33)14-6-20)39-28(31(3,35)36)23-9-7-21(8-10-23)22-11-15-26(16-12-22)43(4,41)42/h5-16,25,27-28,39H,17-18H2,1-4H3,(H,38,40)/t25-,27?,28-,32?/m0/s1. The van der Waals surface area contributed by atoms with Crippen LogP contribution in [-0.4, -0.2) is 43.8 Å². The van der Waals surface area contributed by atoms with Crippen molar-refractivity contribution < 1.29 is 30.8 Å². The Morgan fingerprint density at radius 2 is 1.51 bits per heavy atom. The predicted octanol–water partition coefficient (Wildman–Crippen LogP) is 5.94. The zero-order valence-corrected chi connectivity index (χ0v) is 25.0. The van der Waals surface area contributed by atoms with Crippen molar-refractivity contribution in [1.82, 2.24) is 10.6 Å². The number of nitriles is 1. The lowest BCUT2D eigenvalue weighted by Gasteiger charge is -2.32. The van der Waals surface area contributed by atoms with Crippen molar-refractivity contribution >= 4 is 15.7 Å². The monoisotopic (exact) mass is 615 g/mol. The van der Waals surface area contributed by atoms with E-state index in [1.54, 1.807) is 24.3 Å². The van der Waals surface area contributed by atoms with Gasteiger partial charge in [-0.25, -0.2) is 26.0 Å². The lowest BCUT2D eigenvalue weighted by atomic mass is 9.94. The molecule has 1 saturated carbocycles. The Morgan fingerprint density at radius 1 is 0.977 bits per heavy atom. The molecule has 0 bridgehead atoms. The van der Waals surface area contributed by atoms with Crippen LogP contribution in [0.15, 0.2) is 77.7 Å². The first kappa shape index (κ1) is 32.2. The van der Waals surface area contributed by atoms with Crippen molar-refractivity contribution in [1.29, 1.82) is 5.26 Å². The number of nitrogens with one attached hydrogen (secondary N) is 2. The number of nitrogens with zero attached hydrogens (tertiary/aromatic N) is 1. The maximum Gasteiger partial charge on any atom is 0.264 e. The highest BCUT2D eigenvalue weighted by Gasteiger charge is 2.67. The number of carbonyl (C=O) groups excluding carboxylic acids is 1. The van der Waals surface area contributed by atoms with Gasteiger partial charge in [0.2, 0.25) is 5.91 Å². The summed E-state index contributed by atoms with van der Waals surface area (Å²) in [5, 5.41) is 15.0.